The lowest BCUT2D eigenvalue weighted by atomic mass is 10.2. The zero-order chi connectivity index (χ0) is 12.4. The largest absolute Gasteiger partial charge is 0.408 e. The zero-order valence-electron chi connectivity index (χ0n) is 8.90. The summed E-state index contributed by atoms with van der Waals surface area (Å²) in [6.07, 6.45) is 0. The minimum absolute atomic E-state index is 0.0886. The maximum absolute atomic E-state index is 13.3. The standard InChI is InChI=1S/C10H9FN4O2/c1-5-14-15-10(17-5)13-9(16)7-4-6(12)2-3-8(7)11/h2-4H,12H2,1H3,(H,13,15,16). The average Bonchev–Trinajstić information content (AvgIpc) is 2.67. The molecule has 6 nitrogen and oxygen atoms in total. The highest BCUT2D eigenvalue weighted by molar-refractivity contribution is 6.03. The summed E-state index contributed by atoms with van der Waals surface area (Å²) in [6.45, 7) is 1.57. The molecule has 3 N–H and O–H groups in total. The number of amides is 1. The van der Waals surface area contributed by atoms with E-state index < -0.39 is 11.7 Å². The number of hydrogen-bond acceptors (Lipinski definition) is 5. The van der Waals surface area contributed by atoms with Crippen LogP contribution in [0.3, 0.4) is 0 Å². The van der Waals surface area contributed by atoms with Crippen molar-refractivity contribution in [1.82, 2.24) is 10.2 Å². The van der Waals surface area contributed by atoms with Gasteiger partial charge in [0, 0.05) is 12.6 Å². The van der Waals surface area contributed by atoms with Crippen molar-refractivity contribution in [3.05, 3.63) is 35.5 Å². The first kappa shape index (κ1) is 11.1. The number of nitrogens with two attached hydrogens (primary N) is 1. The molecule has 1 amide bonds. The van der Waals surface area contributed by atoms with Gasteiger partial charge in [0.2, 0.25) is 5.89 Å². The van der Waals surface area contributed by atoms with Crippen molar-refractivity contribution in [3.8, 4) is 0 Å². The van der Waals surface area contributed by atoms with Gasteiger partial charge in [-0.2, -0.15) is 0 Å². The number of carbonyl (C=O) groups is 1. The molecular formula is C10H9FN4O2. The maximum atomic E-state index is 13.3. The second kappa shape index (κ2) is 4.20. The lowest BCUT2D eigenvalue weighted by Crippen LogP contribution is -2.14. The number of nitrogens with zero attached hydrogens (tertiary/aromatic N) is 2. The van der Waals surface area contributed by atoms with Gasteiger partial charge in [0.15, 0.2) is 0 Å². The third kappa shape index (κ3) is 2.39. The number of aryl methyl sites for hydroxylation is 1. The van der Waals surface area contributed by atoms with E-state index in [-0.39, 0.29) is 11.6 Å². The van der Waals surface area contributed by atoms with Crippen LogP contribution in [0.15, 0.2) is 22.6 Å². The number of rotatable bonds is 2. The van der Waals surface area contributed by atoms with Gasteiger partial charge >= 0.3 is 6.01 Å². The number of anilines is 2. The first-order valence-corrected chi connectivity index (χ1v) is 4.73. The molecule has 0 radical (unpaired) electrons. The molecule has 0 aliphatic heterocycles. The minimum atomic E-state index is -0.696. The average molecular weight is 236 g/mol. The Morgan fingerprint density at radius 3 is 2.88 bits per heavy atom. The fourth-order valence-corrected chi connectivity index (χ4v) is 1.23. The third-order valence-electron chi connectivity index (χ3n) is 1.98. The molecule has 7 heteroatoms. The number of benzene rings is 1. The summed E-state index contributed by atoms with van der Waals surface area (Å²) in [6, 6.07) is 3.62. The van der Waals surface area contributed by atoms with Crippen LogP contribution in [0, 0.1) is 12.7 Å². The Labute approximate surface area is 95.6 Å². The topological polar surface area (TPSA) is 94.0 Å². The number of halogens is 1. The molecule has 2 rings (SSSR count). The fraction of sp³-hybridized carbons (Fsp3) is 0.100. The van der Waals surface area contributed by atoms with Gasteiger partial charge in [0.1, 0.15) is 5.82 Å². The van der Waals surface area contributed by atoms with Gasteiger partial charge < -0.3 is 10.2 Å². The van der Waals surface area contributed by atoms with E-state index >= 15 is 0 Å². The second-order valence-electron chi connectivity index (χ2n) is 3.32. The Morgan fingerprint density at radius 2 is 2.24 bits per heavy atom. The Kier molecular flexibility index (Phi) is 2.73. The maximum Gasteiger partial charge on any atom is 0.322 e. The van der Waals surface area contributed by atoms with Crippen LogP contribution in [0.4, 0.5) is 16.1 Å². The fourth-order valence-electron chi connectivity index (χ4n) is 1.23. The van der Waals surface area contributed by atoms with Gasteiger partial charge in [-0.25, -0.2) is 4.39 Å². The third-order valence-corrected chi connectivity index (χ3v) is 1.98. The zero-order valence-corrected chi connectivity index (χ0v) is 8.90. The second-order valence-corrected chi connectivity index (χ2v) is 3.32. The minimum Gasteiger partial charge on any atom is -0.408 e. The Morgan fingerprint density at radius 1 is 1.47 bits per heavy atom. The van der Waals surface area contributed by atoms with Crippen molar-refractivity contribution >= 4 is 17.6 Å². The van der Waals surface area contributed by atoms with Crippen LogP contribution in [-0.4, -0.2) is 16.1 Å². The summed E-state index contributed by atoms with van der Waals surface area (Å²) in [5.74, 6) is -1.07. The number of nitrogen functional groups attached to an aromatic ring is 1. The number of hydrogen-bond donors (Lipinski definition) is 2. The molecule has 1 heterocycles. The summed E-state index contributed by atoms with van der Waals surface area (Å²) in [4.78, 5) is 11.7. The molecule has 1 aromatic carbocycles. The molecule has 17 heavy (non-hydrogen) atoms. The molecule has 0 fully saturated rings. The van der Waals surface area contributed by atoms with E-state index in [1.165, 1.54) is 12.1 Å². The summed E-state index contributed by atoms with van der Waals surface area (Å²) >= 11 is 0. The highest BCUT2D eigenvalue weighted by Crippen LogP contribution is 2.14. The Hall–Kier alpha value is -2.44. The van der Waals surface area contributed by atoms with Crippen molar-refractivity contribution in [3.63, 3.8) is 0 Å². The van der Waals surface area contributed by atoms with Crippen LogP contribution < -0.4 is 11.1 Å². The molecule has 2 aromatic rings. The van der Waals surface area contributed by atoms with Crippen molar-refractivity contribution in [2.75, 3.05) is 11.1 Å². The van der Waals surface area contributed by atoms with E-state index in [0.717, 1.165) is 6.07 Å². The lowest BCUT2D eigenvalue weighted by molar-refractivity contribution is 0.102. The highest BCUT2D eigenvalue weighted by atomic mass is 19.1. The van der Waals surface area contributed by atoms with Gasteiger partial charge in [0.05, 0.1) is 5.56 Å². The van der Waals surface area contributed by atoms with Gasteiger partial charge in [-0.15, -0.1) is 5.10 Å². The van der Waals surface area contributed by atoms with E-state index in [1.807, 2.05) is 0 Å². The van der Waals surface area contributed by atoms with Crippen molar-refractivity contribution in [1.29, 1.82) is 0 Å². The predicted molar refractivity (Wildman–Crippen MR) is 57.8 cm³/mol. The van der Waals surface area contributed by atoms with Crippen LogP contribution in [0.25, 0.3) is 0 Å². The summed E-state index contributed by atoms with van der Waals surface area (Å²) in [5.41, 5.74) is 5.57. The molecular weight excluding hydrogens is 227 g/mol. The van der Waals surface area contributed by atoms with Gasteiger partial charge in [-0.3, -0.25) is 10.1 Å². The van der Waals surface area contributed by atoms with Crippen molar-refractivity contribution in [2.45, 2.75) is 6.92 Å². The molecule has 0 atom stereocenters. The van der Waals surface area contributed by atoms with E-state index in [0.29, 0.717) is 11.6 Å². The van der Waals surface area contributed by atoms with Crippen LogP contribution in [-0.2, 0) is 0 Å². The van der Waals surface area contributed by atoms with Gasteiger partial charge in [-0.05, 0) is 18.2 Å². The molecule has 0 aliphatic rings. The molecule has 0 aliphatic carbocycles. The van der Waals surface area contributed by atoms with Crippen LogP contribution >= 0.6 is 0 Å². The normalized spacial score (nSPS) is 10.2. The number of aromatic nitrogens is 2. The first-order chi connectivity index (χ1) is 8.06. The van der Waals surface area contributed by atoms with E-state index in [2.05, 4.69) is 15.5 Å². The van der Waals surface area contributed by atoms with E-state index in [9.17, 15) is 9.18 Å². The summed E-state index contributed by atoms with van der Waals surface area (Å²) in [7, 11) is 0. The first-order valence-electron chi connectivity index (χ1n) is 4.73. The molecule has 88 valence electrons. The molecule has 0 saturated heterocycles. The lowest BCUT2D eigenvalue weighted by Gasteiger charge is -2.03. The van der Waals surface area contributed by atoms with Crippen molar-refractivity contribution in [2.24, 2.45) is 0 Å². The van der Waals surface area contributed by atoms with E-state index in [4.69, 9.17) is 10.2 Å². The van der Waals surface area contributed by atoms with Gasteiger partial charge in [-0.1, -0.05) is 5.10 Å². The van der Waals surface area contributed by atoms with Crippen molar-refractivity contribution < 1.29 is 13.6 Å². The Balaban J connectivity index is 2.22. The summed E-state index contributed by atoms with van der Waals surface area (Å²) in [5, 5.41) is 9.36. The predicted octanol–water partition coefficient (Wildman–Crippen LogP) is 1.35. The summed E-state index contributed by atoms with van der Waals surface area (Å²) < 4.78 is 18.3. The number of nitrogens with one attached hydrogen (secondary N) is 1. The van der Waals surface area contributed by atoms with Crippen LogP contribution in [0.2, 0.25) is 0 Å². The molecule has 0 bridgehead atoms. The highest BCUT2D eigenvalue weighted by Gasteiger charge is 2.14. The van der Waals surface area contributed by atoms with E-state index in [1.54, 1.807) is 6.92 Å². The molecule has 0 unspecified atom stereocenters. The smallest absolute Gasteiger partial charge is 0.322 e. The SMILES string of the molecule is Cc1nnc(NC(=O)c2cc(N)ccc2F)o1. The van der Waals surface area contributed by atoms with Gasteiger partial charge in [0.25, 0.3) is 5.91 Å². The Bertz CT molecular complexity index is 567. The monoisotopic (exact) mass is 236 g/mol. The molecule has 1 aromatic heterocycles. The van der Waals surface area contributed by atoms with Crippen LogP contribution in [0.1, 0.15) is 16.2 Å². The molecule has 0 spiro atoms. The quantitative estimate of drug-likeness (QED) is 0.767. The number of carbonyl (C=O) groups excluding carboxylic acids is 1. The van der Waals surface area contributed by atoms with Crippen LogP contribution in [0.5, 0.6) is 0 Å². The molecule has 0 saturated carbocycles.